The SMILES string of the molecule is C[C@@]1(Nc2ncc(C(N)=O)c(Nc3ccc(N/C=C\C(=N)C(F)(F)F)cc3)n2)CCCC[C@@H]1N. The predicted molar refractivity (Wildman–Crippen MR) is 125 cm³/mol. The summed E-state index contributed by atoms with van der Waals surface area (Å²) in [6, 6.07) is 6.44. The Labute approximate surface area is 194 Å². The van der Waals surface area contributed by atoms with Crippen LogP contribution in [0.2, 0.25) is 0 Å². The second-order valence-electron chi connectivity index (χ2n) is 8.31. The van der Waals surface area contributed by atoms with E-state index < -0.39 is 17.8 Å². The number of primary amides is 1. The molecule has 1 aliphatic rings. The monoisotopic (exact) mass is 476 g/mol. The van der Waals surface area contributed by atoms with E-state index in [1.54, 1.807) is 24.3 Å². The molecule has 2 atom stereocenters. The quantitative estimate of drug-likeness (QED) is 0.316. The molecule has 1 aromatic heterocycles. The van der Waals surface area contributed by atoms with E-state index in [1.165, 1.54) is 6.20 Å². The number of amides is 1. The van der Waals surface area contributed by atoms with E-state index in [0.717, 1.165) is 31.9 Å². The minimum absolute atomic E-state index is 0.0639. The Hall–Kier alpha value is -3.67. The van der Waals surface area contributed by atoms with Crippen LogP contribution in [-0.4, -0.2) is 39.3 Å². The van der Waals surface area contributed by atoms with Crippen LogP contribution in [0.15, 0.2) is 42.7 Å². The number of nitrogens with one attached hydrogen (secondary N) is 4. The van der Waals surface area contributed by atoms with Crippen molar-refractivity contribution in [3.8, 4) is 0 Å². The van der Waals surface area contributed by atoms with Gasteiger partial charge in [-0.25, -0.2) is 4.98 Å². The fourth-order valence-electron chi connectivity index (χ4n) is 3.59. The minimum Gasteiger partial charge on any atom is -0.365 e. The Morgan fingerprint density at radius 2 is 1.91 bits per heavy atom. The predicted octanol–water partition coefficient (Wildman–Crippen LogP) is 3.90. The van der Waals surface area contributed by atoms with E-state index in [4.69, 9.17) is 16.9 Å². The fraction of sp³-hybridized carbons (Fsp3) is 0.364. The molecule has 1 aromatic carbocycles. The normalized spacial score (nSPS) is 20.7. The van der Waals surface area contributed by atoms with E-state index in [-0.39, 0.29) is 23.0 Å². The van der Waals surface area contributed by atoms with Crippen molar-refractivity contribution in [3.63, 3.8) is 0 Å². The molecular weight excluding hydrogens is 449 g/mol. The zero-order valence-electron chi connectivity index (χ0n) is 18.5. The number of nitrogens with zero attached hydrogens (tertiary/aromatic N) is 2. The largest absolute Gasteiger partial charge is 0.432 e. The maximum atomic E-state index is 12.4. The van der Waals surface area contributed by atoms with Gasteiger partial charge in [0.2, 0.25) is 5.95 Å². The number of benzene rings is 1. The fourth-order valence-corrected chi connectivity index (χ4v) is 3.59. The highest BCUT2D eigenvalue weighted by molar-refractivity contribution is 5.98. The lowest BCUT2D eigenvalue weighted by molar-refractivity contribution is -0.0584. The Balaban J connectivity index is 1.73. The number of aromatic nitrogens is 2. The van der Waals surface area contributed by atoms with Crippen molar-refractivity contribution in [3.05, 3.63) is 48.3 Å². The average Bonchev–Trinajstić information content (AvgIpc) is 2.76. The van der Waals surface area contributed by atoms with Crippen LogP contribution in [0.1, 0.15) is 43.0 Å². The summed E-state index contributed by atoms with van der Waals surface area (Å²) in [5, 5.41) is 15.9. The first-order valence-corrected chi connectivity index (χ1v) is 10.6. The van der Waals surface area contributed by atoms with Gasteiger partial charge >= 0.3 is 6.18 Å². The maximum absolute atomic E-state index is 12.4. The zero-order chi connectivity index (χ0) is 24.9. The third-order valence-electron chi connectivity index (χ3n) is 5.68. The van der Waals surface area contributed by atoms with Crippen molar-refractivity contribution in [1.29, 1.82) is 5.41 Å². The summed E-state index contributed by atoms with van der Waals surface area (Å²) in [6.45, 7) is 2.02. The van der Waals surface area contributed by atoms with E-state index in [1.807, 2.05) is 6.92 Å². The molecule has 2 aromatic rings. The Morgan fingerprint density at radius 3 is 2.53 bits per heavy atom. The summed E-state index contributed by atoms with van der Waals surface area (Å²) < 4.78 is 37.1. The molecule has 1 fully saturated rings. The molecule has 1 saturated carbocycles. The number of carbonyl (C=O) groups excluding carboxylic acids is 1. The second-order valence-corrected chi connectivity index (χ2v) is 8.31. The molecule has 182 valence electrons. The molecule has 34 heavy (non-hydrogen) atoms. The third-order valence-corrected chi connectivity index (χ3v) is 5.68. The maximum Gasteiger partial charge on any atom is 0.432 e. The number of hydrogen-bond donors (Lipinski definition) is 6. The van der Waals surface area contributed by atoms with Crippen molar-refractivity contribution in [1.82, 2.24) is 9.97 Å². The lowest BCUT2D eigenvalue weighted by Crippen LogP contribution is -2.53. The molecule has 0 bridgehead atoms. The number of rotatable bonds is 8. The lowest BCUT2D eigenvalue weighted by Gasteiger charge is -2.40. The molecule has 0 radical (unpaired) electrons. The lowest BCUT2D eigenvalue weighted by atomic mass is 9.79. The van der Waals surface area contributed by atoms with Gasteiger partial charge in [-0.05, 0) is 50.1 Å². The standard InChI is InChI=1S/C22H27F3N8O/c1-21(10-3-2-4-16(21)26)33-20-30-12-15(18(28)34)19(32-20)31-14-7-5-13(6-8-14)29-11-9-17(27)22(23,24)25/h5-9,11-12,16,27,29H,2-4,10,26H2,1H3,(H2,28,34)(H2,30,31,32,33)/b11-9-,27-17?/t16-,21+/m0/s1. The van der Waals surface area contributed by atoms with Gasteiger partial charge in [0.1, 0.15) is 17.1 Å². The summed E-state index contributed by atoms with van der Waals surface area (Å²) >= 11 is 0. The number of halogens is 3. The highest BCUT2D eigenvalue weighted by atomic mass is 19.4. The van der Waals surface area contributed by atoms with E-state index >= 15 is 0 Å². The minimum atomic E-state index is -4.70. The molecule has 1 aliphatic carbocycles. The summed E-state index contributed by atoms with van der Waals surface area (Å²) in [4.78, 5) is 20.5. The van der Waals surface area contributed by atoms with Crippen LogP contribution in [0.5, 0.6) is 0 Å². The van der Waals surface area contributed by atoms with E-state index in [9.17, 15) is 18.0 Å². The first kappa shape index (κ1) is 25.0. The molecule has 12 heteroatoms. The van der Waals surface area contributed by atoms with Gasteiger partial charge in [0.15, 0.2) is 0 Å². The van der Waals surface area contributed by atoms with Crippen LogP contribution in [-0.2, 0) is 0 Å². The molecule has 1 heterocycles. The van der Waals surface area contributed by atoms with Gasteiger partial charge in [-0.2, -0.15) is 18.2 Å². The van der Waals surface area contributed by atoms with Crippen LogP contribution >= 0.6 is 0 Å². The molecule has 3 rings (SSSR count). The van der Waals surface area contributed by atoms with Crippen molar-refractivity contribution in [2.75, 3.05) is 16.0 Å². The molecule has 0 spiro atoms. The van der Waals surface area contributed by atoms with Crippen LogP contribution in [0.4, 0.5) is 36.3 Å². The molecule has 0 aliphatic heterocycles. The summed E-state index contributed by atoms with van der Waals surface area (Å²) in [7, 11) is 0. The zero-order valence-corrected chi connectivity index (χ0v) is 18.5. The summed E-state index contributed by atoms with van der Waals surface area (Å²) in [5.41, 5.74) is 11.1. The molecule has 8 N–H and O–H groups in total. The molecule has 9 nitrogen and oxygen atoms in total. The Bertz CT molecular complexity index is 1070. The van der Waals surface area contributed by atoms with Crippen molar-refractivity contribution in [2.45, 2.75) is 50.4 Å². The van der Waals surface area contributed by atoms with Gasteiger partial charge in [-0.1, -0.05) is 12.8 Å². The Morgan fingerprint density at radius 1 is 1.24 bits per heavy atom. The van der Waals surface area contributed by atoms with E-state index in [0.29, 0.717) is 23.4 Å². The van der Waals surface area contributed by atoms with Gasteiger partial charge in [0, 0.05) is 29.8 Å². The van der Waals surface area contributed by atoms with Crippen LogP contribution in [0.3, 0.4) is 0 Å². The Kier molecular flexibility index (Phi) is 7.40. The van der Waals surface area contributed by atoms with Crippen molar-refractivity contribution < 1.29 is 18.0 Å². The number of nitrogens with two attached hydrogens (primary N) is 2. The van der Waals surface area contributed by atoms with Crippen LogP contribution < -0.4 is 27.4 Å². The van der Waals surface area contributed by atoms with Crippen molar-refractivity contribution in [2.24, 2.45) is 11.5 Å². The summed E-state index contributed by atoms with van der Waals surface area (Å²) in [5.74, 6) is -0.190. The molecule has 0 saturated heterocycles. The second kappa shape index (κ2) is 10.1. The number of anilines is 4. The molecule has 0 unspecified atom stereocenters. The number of carbonyl (C=O) groups is 1. The number of hydrogen-bond acceptors (Lipinski definition) is 8. The third kappa shape index (κ3) is 6.22. The van der Waals surface area contributed by atoms with Crippen LogP contribution in [0, 0.1) is 5.41 Å². The van der Waals surface area contributed by atoms with Gasteiger partial charge in [0.25, 0.3) is 5.91 Å². The van der Waals surface area contributed by atoms with Gasteiger partial charge in [-0.3, -0.25) is 10.2 Å². The van der Waals surface area contributed by atoms with Crippen molar-refractivity contribution >= 4 is 34.8 Å². The van der Waals surface area contributed by atoms with Crippen LogP contribution in [0.25, 0.3) is 0 Å². The number of alkyl halides is 3. The molecular formula is C22H27F3N8O. The van der Waals surface area contributed by atoms with Gasteiger partial charge in [0.05, 0.1) is 5.54 Å². The number of allylic oxidation sites excluding steroid dienone is 1. The smallest absolute Gasteiger partial charge is 0.365 e. The van der Waals surface area contributed by atoms with E-state index in [2.05, 4.69) is 25.9 Å². The van der Waals surface area contributed by atoms with Gasteiger partial charge < -0.3 is 27.4 Å². The van der Waals surface area contributed by atoms with Gasteiger partial charge in [-0.15, -0.1) is 0 Å². The molecule has 1 amide bonds. The average molecular weight is 477 g/mol. The first-order chi connectivity index (χ1) is 16.0. The topological polar surface area (TPSA) is 155 Å². The highest BCUT2D eigenvalue weighted by Crippen LogP contribution is 2.30. The highest BCUT2D eigenvalue weighted by Gasteiger charge is 2.35. The summed E-state index contributed by atoms with van der Waals surface area (Å²) in [6.07, 6.45) is 2.15. The first-order valence-electron chi connectivity index (χ1n) is 10.6.